The Bertz CT molecular complexity index is 950. The van der Waals surface area contributed by atoms with Gasteiger partial charge in [-0.05, 0) is 32.0 Å². The third-order valence-corrected chi connectivity index (χ3v) is 3.52. The Balaban J connectivity index is 2.23. The zero-order chi connectivity index (χ0) is 17.3. The Hall–Kier alpha value is -3.22. The fourth-order valence-electron chi connectivity index (χ4n) is 2.40. The van der Waals surface area contributed by atoms with Crippen molar-refractivity contribution in [1.29, 1.82) is 0 Å². The number of anilines is 1. The van der Waals surface area contributed by atoms with Crippen molar-refractivity contribution in [2.24, 2.45) is 0 Å². The molecule has 1 aromatic carbocycles. The summed E-state index contributed by atoms with van der Waals surface area (Å²) >= 11 is 0. The van der Waals surface area contributed by atoms with Gasteiger partial charge in [0, 0.05) is 23.4 Å². The number of nitrogen functional groups attached to an aromatic ring is 1. The van der Waals surface area contributed by atoms with Gasteiger partial charge in [-0.25, -0.2) is 14.6 Å². The van der Waals surface area contributed by atoms with Crippen LogP contribution in [0.15, 0.2) is 47.4 Å². The molecule has 2 heterocycles. The number of phenolic OH excluding ortho intramolecular Hbond substituents is 1. The van der Waals surface area contributed by atoms with Gasteiger partial charge < -0.3 is 10.8 Å². The molecule has 0 radical (unpaired) electrons. The summed E-state index contributed by atoms with van der Waals surface area (Å²) in [6.07, 6.45) is 1.57. The first-order chi connectivity index (χ1) is 11.5. The molecule has 3 rings (SSSR count). The predicted molar refractivity (Wildman–Crippen MR) is 91.4 cm³/mol. The topological polar surface area (TPSA) is 107 Å². The Morgan fingerprint density at radius 1 is 1.21 bits per heavy atom. The first-order valence-electron chi connectivity index (χ1n) is 7.48. The van der Waals surface area contributed by atoms with Crippen LogP contribution in [-0.4, -0.2) is 24.9 Å². The lowest BCUT2D eigenvalue weighted by Gasteiger charge is -2.12. The zero-order valence-corrected chi connectivity index (χ0v) is 13.3. The maximum Gasteiger partial charge on any atom is 0.267 e. The lowest BCUT2D eigenvalue weighted by molar-refractivity contribution is 0.475. The molecule has 0 aliphatic heterocycles. The molecule has 7 nitrogen and oxygen atoms in total. The second kappa shape index (κ2) is 6.11. The van der Waals surface area contributed by atoms with Crippen molar-refractivity contribution in [3.63, 3.8) is 0 Å². The second-order valence-corrected chi connectivity index (χ2v) is 5.64. The molecule has 2 aromatic heterocycles. The molecule has 7 heteroatoms. The van der Waals surface area contributed by atoms with Crippen LogP contribution in [0.4, 0.5) is 5.95 Å². The Morgan fingerprint density at radius 3 is 2.71 bits per heavy atom. The molecule has 0 aliphatic carbocycles. The van der Waals surface area contributed by atoms with Crippen LogP contribution in [-0.2, 0) is 0 Å². The van der Waals surface area contributed by atoms with E-state index >= 15 is 0 Å². The third kappa shape index (κ3) is 2.96. The highest BCUT2D eigenvalue weighted by atomic mass is 16.3. The van der Waals surface area contributed by atoms with Gasteiger partial charge >= 0.3 is 0 Å². The number of nitrogens with two attached hydrogens (primary N) is 1. The summed E-state index contributed by atoms with van der Waals surface area (Å²) in [5.74, 6) is 0.241. The van der Waals surface area contributed by atoms with Gasteiger partial charge in [-0.3, -0.25) is 4.79 Å². The normalized spacial score (nSPS) is 11.0. The quantitative estimate of drug-likeness (QED) is 0.765. The molecule has 0 fully saturated rings. The molecule has 0 saturated carbocycles. The molecule has 0 aliphatic rings. The molecule has 0 saturated heterocycles. The molecule has 3 aromatic rings. The molecule has 0 unspecified atom stereocenters. The van der Waals surface area contributed by atoms with Crippen LogP contribution in [0.1, 0.15) is 19.9 Å². The fourth-order valence-corrected chi connectivity index (χ4v) is 2.40. The van der Waals surface area contributed by atoms with Crippen LogP contribution in [0, 0.1) is 0 Å². The minimum absolute atomic E-state index is 0.0728. The Kier molecular flexibility index (Phi) is 3.99. The van der Waals surface area contributed by atoms with Crippen molar-refractivity contribution < 1.29 is 5.11 Å². The monoisotopic (exact) mass is 323 g/mol. The summed E-state index contributed by atoms with van der Waals surface area (Å²) in [4.78, 5) is 20.2. The summed E-state index contributed by atoms with van der Waals surface area (Å²) in [7, 11) is 0. The highest BCUT2D eigenvalue weighted by Crippen LogP contribution is 2.30. The molecule has 0 atom stereocenters. The second-order valence-electron chi connectivity index (χ2n) is 5.64. The average molecular weight is 323 g/mol. The lowest BCUT2D eigenvalue weighted by atomic mass is 10.0. The lowest BCUT2D eigenvalue weighted by Crippen LogP contribution is -2.24. The van der Waals surface area contributed by atoms with Crippen LogP contribution in [0.5, 0.6) is 5.75 Å². The standard InChI is InChI=1S/C17H17N5O2/c1-10(2)22-15(24)7-6-14(21-22)13-9-19-17(18)20-16(13)11-4-3-5-12(23)8-11/h3-10,23H,1-2H3,(H2,18,19,20). The van der Waals surface area contributed by atoms with Gasteiger partial charge in [0.1, 0.15) is 5.75 Å². The summed E-state index contributed by atoms with van der Waals surface area (Å²) in [5.41, 5.74) is 7.96. The van der Waals surface area contributed by atoms with Gasteiger partial charge in [0.2, 0.25) is 5.95 Å². The van der Waals surface area contributed by atoms with Crippen molar-refractivity contribution in [2.45, 2.75) is 19.9 Å². The summed E-state index contributed by atoms with van der Waals surface area (Å²) in [5, 5.41) is 14.1. The van der Waals surface area contributed by atoms with Gasteiger partial charge in [-0.1, -0.05) is 12.1 Å². The van der Waals surface area contributed by atoms with Crippen molar-refractivity contribution >= 4 is 5.95 Å². The molecule has 24 heavy (non-hydrogen) atoms. The van der Waals surface area contributed by atoms with E-state index in [1.807, 2.05) is 19.9 Å². The SMILES string of the molecule is CC(C)n1nc(-c2cnc(N)nc2-c2cccc(O)c2)ccc1=O. The molecular formula is C17H17N5O2. The number of aromatic nitrogens is 4. The number of rotatable bonds is 3. The molecule has 0 bridgehead atoms. The van der Waals surface area contributed by atoms with Gasteiger partial charge in [0.15, 0.2) is 0 Å². The minimum Gasteiger partial charge on any atom is -0.508 e. The van der Waals surface area contributed by atoms with E-state index in [2.05, 4.69) is 15.1 Å². The van der Waals surface area contributed by atoms with Gasteiger partial charge in [-0.2, -0.15) is 5.10 Å². The van der Waals surface area contributed by atoms with E-state index in [9.17, 15) is 9.90 Å². The van der Waals surface area contributed by atoms with Crippen molar-refractivity contribution in [3.8, 4) is 28.3 Å². The van der Waals surface area contributed by atoms with E-state index in [1.54, 1.807) is 30.5 Å². The van der Waals surface area contributed by atoms with E-state index in [-0.39, 0.29) is 23.3 Å². The number of benzene rings is 1. The summed E-state index contributed by atoms with van der Waals surface area (Å²) < 4.78 is 1.40. The van der Waals surface area contributed by atoms with Crippen LogP contribution in [0.25, 0.3) is 22.5 Å². The molecular weight excluding hydrogens is 306 g/mol. The van der Waals surface area contributed by atoms with Crippen molar-refractivity contribution in [1.82, 2.24) is 19.7 Å². The minimum atomic E-state index is -0.177. The number of aromatic hydroxyl groups is 1. The Morgan fingerprint density at radius 2 is 2.00 bits per heavy atom. The summed E-state index contributed by atoms with van der Waals surface area (Å²) in [6.45, 7) is 3.77. The predicted octanol–water partition coefficient (Wildman–Crippen LogP) is 2.24. The molecule has 3 N–H and O–H groups in total. The van der Waals surface area contributed by atoms with Crippen molar-refractivity contribution in [2.75, 3.05) is 5.73 Å². The zero-order valence-electron chi connectivity index (χ0n) is 13.3. The summed E-state index contributed by atoms with van der Waals surface area (Å²) in [6, 6.07) is 9.71. The highest BCUT2D eigenvalue weighted by molar-refractivity contribution is 5.79. The largest absolute Gasteiger partial charge is 0.508 e. The van der Waals surface area contributed by atoms with Crippen LogP contribution in [0.3, 0.4) is 0 Å². The number of nitrogens with zero attached hydrogens (tertiary/aromatic N) is 4. The van der Waals surface area contributed by atoms with Gasteiger partial charge in [-0.15, -0.1) is 0 Å². The molecule has 0 amide bonds. The Labute approximate surface area is 138 Å². The smallest absolute Gasteiger partial charge is 0.267 e. The van der Waals surface area contributed by atoms with E-state index in [0.717, 1.165) is 0 Å². The third-order valence-electron chi connectivity index (χ3n) is 3.52. The first-order valence-corrected chi connectivity index (χ1v) is 7.48. The first kappa shape index (κ1) is 15.7. The average Bonchev–Trinajstić information content (AvgIpc) is 2.55. The van der Waals surface area contributed by atoms with E-state index in [4.69, 9.17) is 5.73 Å². The number of phenols is 1. The van der Waals surface area contributed by atoms with Gasteiger partial charge in [0.05, 0.1) is 17.4 Å². The van der Waals surface area contributed by atoms with Crippen LogP contribution < -0.4 is 11.3 Å². The van der Waals surface area contributed by atoms with E-state index in [1.165, 1.54) is 10.7 Å². The van der Waals surface area contributed by atoms with E-state index in [0.29, 0.717) is 22.5 Å². The maximum absolute atomic E-state index is 11.9. The van der Waals surface area contributed by atoms with Crippen LogP contribution >= 0.6 is 0 Å². The van der Waals surface area contributed by atoms with Gasteiger partial charge in [0.25, 0.3) is 5.56 Å². The van der Waals surface area contributed by atoms with Crippen LogP contribution in [0.2, 0.25) is 0 Å². The highest BCUT2D eigenvalue weighted by Gasteiger charge is 2.14. The fraction of sp³-hybridized carbons (Fsp3) is 0.176. The van der Waals surface area contributed by atoms with Crippen molar-refractivity contribution in [3.05, 3.63) is 52.9 Å². The maximum atomic E-state index is 11.9. The molecule has 0 spiro atoms. The number of hydrogen-bond donors (Lipinski definition) is 2. The number of hydrogen-bond acceptors (Lipinski definition) is 6. The molecule has 122 valence electrons. The van der Waals surface area contributed by atoms with E-state index < -0.39 is 0 Å².